The van der Waals surface area contributed by atoms with Gasteiger partial charge in [0.2, 0.25) is 0 Å². The first-order valence-corrected chi connectivity index (χ1v) is 6.58. The zero-order valence-corrected chi connectivity index (χ0v) is 11.8. The van der Waals surface area contributed by atoms with Gasteiger partial charge in [-0.3, -0.25) is 4.57 Å². The van der Waals surface area contributed by atoms with Gasteiger partial charge in [0.15, 0.2) is 5.58 Å². The molecule has 0 aliphatic rings. The number of aromatic nitrogens is 1. The topological polar surface area (TPSA) is 61.2 Å². The van der Waals surface area contributed by atoms with Crippen molar-refractivity contribution in [1.82, 2.24) is 4.57 Å². The van der Waals surface area contributed by atoms with Gasteiger partial charge in [-0.15, -0.1) is 0 Å². The fourth-order valence-corrected chi connectivity index (χ4v) is 2.47. The summed E-state index contributed by atoms with van der Waals surface area (Å²) in [7, 11) is 1.64. The molecule has 0 fully saturated rings. The average Bonchev–Trinajstić information content (AvgIpc) is 2.75. The number of hydrogen-bond donors (Lipinski definition) is 1. The number of aryl methyl sites for hydroxylation is 2. The highest BCUT2D eigenvalue weighted by Crippen LogP contribution is 2.26. The number of rotatable bonds is 2. The molecule has 4 nitrogen and oxygen atoms in total. The van der Waals surface area contributed by atoms with Crippen LogP contribution in [0.5, 0.6) is 0 Å². The molecule has 3 aromatic rings. The summed E-state index contributed by atoms with van der Waals surface area (Å²) < 4.78 is 20.0. The van der Waals surface area contributed by atoms with Crippen LogP contribution in [0.15, 0.2) is 45.6 Å². The summed E-state index contributed by atoms with van der Waals surface area (Å²) in [4.78, 5) is 11.5. The zero-order valence-electron chi connectivity index (χ0n) is 11.8. The van der Waals surface area contributed by atoms with Crippen LogP contribution < -0.4 is 11.5 Å². The van der Waals surface area contributed by atoms with Crippen molar-refractivity contribution < 1.29 is 8.81 Å². The third kappa shape index (κ3) is 2.25. The fourth-order valence-electron chi connectivity index (χ4n) is 2.47. The zero-order chi connectivity index (χ0) is 15.1. The first-order valence-electron chi connectivity index (χ1n) is 6.58. The van der Waals surface area contributed by atoms with Crippen molar-refractivity contribution in [2.24, 2.45) is 12.8 Å². The molecule has 1 heterocycles. The normalized spacial score (nSPS) is 12.8. The van der Waals surface area contributed by atoms with Crippen molar-refractivity contribution >= 4 is 11.1 Å². The Balaban J connectivity index is 2.11. The summed E-state index contributed by atoms with van der Waals surface area (Å²) in [6.45, 7) is 1.88. The molecule has 0 spiro atoms. The van der Waals surface area contributed by atoms with Crippen molar-refractivity contribution in [1.29, 1.82) is 0 Å². The third-order valence-electron chi connectivity index (χ3n) is 3.75. The SMILES string of the molecule is Cc1ccc(F)cc1C(N)c1ccc2c(c1)oc(=O)n2C. The molecule has 2 N–H and O–H groups in total. The Morgan fingerprint density at radius 2 is 2.00 bits per heavy atom. The summed E-state index contributed by atoms with van der Waals surface area (Å²) in [5.41, 5.74) is 9.81. The highest BCUT2D eigenvalue weighted by atomic mass is 19.1. The van der Waals surface area contributed by atoms with Crippen molar-refractivity contribution in [2.45, 2.75) is 13.0 Å². The van der Waals surface area contributed by atoms with Crippen molar-refractivity contribution in [2.75, 3.05) is 0 Å². The minimum absolute atomic E-state index is 0.321. The summed E-state index contributed by atoms with van der Waals surface area (Å²) in [6.07, 6.45) is 0. The Bertz CT molecular complexity index is 880. The molecule has 0 aliphatic carbocycles. The molecule has 108 valence electrons. The number of fused-ring (bicyclic) bond motifs is 1. The molecule has 0 saturated carbocycles. The van der Waals surface area contributed by atoms with E-state index in [9.17, 15) is 9.18 Å². The average molecular weight is 286 g/mol. The number of nitrogens with zero attached hydrogens (tertiary/aromatic N) is 1. The molecule has 2 aromatic carbocycles. The van der Waals surface area contributed by atoms with E-state index in [2.05, 4.69) is 0 Å². The second-order valence-corrected chi connectivity index (χ2v) is 5.13. The third-order valence-corrected chi connectivity index (χ3v) is 3.75. The van der Waals surface area contributed by atoms with E-state index < -0.39 is 11.8 Å². The monoisotopic (exact) mass is 286 g/mol. The molecule has 21 heavy (non-hydrogen) atoms. The van der Waals surface area contributed by atoms with E-state index in [1.54, 1.807) is 25.2 Å². The second-order valence-electron chi connectivity index (χ2n) is 5.13. The van der Waals surface area contributed by atoms with Crippen LogP contribution in [0.1, 0.15) is 22.7 Å². The second kappa shape index (κ2) is 4.86. The summed E-state index contributed by atoms with van der Waals surface area (Å²) in [5, 5.41) is 0. The minimum atomic E-state index is -0.476. The first kappa shape index (κ1) is 13.6. The van der Waals surface area contributed by atoms with Gasteiger partial charge in [0, 0.05) is 7.05 Å². The van der Waals surface area contributed by atoms with Gasteiger partial charge in [-0.25, -0.2) is 9.18 Å². The van der Waals surface area contributed by atoms with Gasteiger partial charge >= 0.3 is 5.76 Å². The quantitative estimate of drug-likeness (QED) is 0.787. The predicted octanol–water partition coefficient (Wildman–Crippen LogP) is 2.63. The lowest BCUT2D eigenvalue weighted by Gasteiger charge is -2.15. The van der Waals surface area contributed by atoms with Gasteiger partial charge in [0.1, 0.15) is 5.82 Å². The molecule has 0 aliphatic heterocycles. The van der Waals surface area contributed by atoms with E-state index in [4.69, 9.17) is 10.2 Å². The lowest BCUT2D eigenvalue weighted by Crippen LogP contribution is -2.13. The number of oxazole rings is 1. The van der Waals surface area contributed by atoms with Crippen LogP contribution >= 0.6 is 0 Å². The van der Waals surface area contributed by atoms with Crippen molar-refractivity contribution in [3.8, 4) is 0 Å². The molecule has 0 saturated heterocycles. The minimum Gasteiger partial charge on any atom is -0.408 e. The van der Waals surface area contributed by atoms with E-state index in [-0.39, 0.29) is 5.82 Å². The molecule has 1 atom stereocenters. The maximum absolute atomic E-state index is 13.4. The van der Waals surface area contributed by atoms with Crippen molar-refractivity contribution in [3.05, 3.63) is 69.5 Å². The molecule has 0 radical (unpaired) electrons. The Morgan fingerprint density at radius 3 is 2.76 bits per heavy atom. The van der Waals surface area contributed by atoms with Gasteiger partial charge in [0.05, 0.1) is 11.6 Å². The molecule has 5 heteroatoms. The Kier molecular flexibility index (Phi) is 3.14. The van der Waals surface area contributed by atoms with Crippen LogP contribution in [0, 0.1) is 12.7 Å². The van der Waals surface area contributed by atoms with Crippen molar-refractivity contribution in [3.63, 3.8) is 0 Å². The number of hydrogen-bond acceptors (Lipinski definition) is 3. The Morgan fingerprint density at radius 1 is 1.24 bits per heavy atom. The summed E-state index contributed by atoms with van der Waals surface area (Å²) in [6, 6.07) is 9.40. The summed E-state index contributed by atoms with van der Waals surface area (Å²) in [5.74, 6) is -0.740. The van der Waals surface area contributed by atoms with E-state index in [1.807, 2.05) is 13.0 Å². The van der Waals surface area contributed by atoms with Crippen LogP contribution in [0.25, 0.3) is 11.1 Å². The standard InChI is InChI=1S/C16H15FN2O2/c1-9-3-5-11(17)8-12(9)15(18)10-4-6-13-14(7-10)21-16(20)19(13)2/h3-8,15H,18H2,1-2H3. The van der Waals surface area contributed by atoms with Gasteiger partial charge in [0.25, 0.3) is 0 Å². The Labute approximate surface area is 120 Å². The lowest BCUT2D eigenvalue weighted by molar-refractivity contribution is 0.527. The molecule has 1 unspecified atom stereocenters. The van der Waals surface area contributed by atoms with Gasteiger partial charge < -0.3 is 10.2 Å². The predicted molar refractivity (Wildman–Crippen MR) is 78.6 cm³/mol. The lowest BCUT2D eigenvalue weighted by atomic mass is 9.95. The highest BCUT2D eigenvalue weighted by Gasteiger charge is 2.15. The van der Waals surface area contributed by atoms with E-state index in [0.717, 1.165) is 11.1 Å². The maximum Gasteiger partial charge on any atom is 0.419 e. The molecular formula is C16H15FN2O2. The van der Waals surface area contributed by atoms with Gasteiger partial charge in [-0.05, 0) is 47.9 Å². The highest BCUT2D eigenvalue weighted by molar-refractivity contribution is 5.74. The van der Waals surface area contributed by atoms with Gasteiger partial charge in [-0.2, -0.15) is 0 Å². The van der Waals surface area contributed by atoms with E-state index in [1.165, 1.54) is 16.7 Å². The smallest absolute Gasteiger partial charge is 0.408 e. The van der Waals surface area contributed by atoms with E-state index >= 15 is 0 Å². The van der Waals surface area contributed by atoms with Crippen LogP contribution in [-0.2, 0) is 7.05 Å². The van der Waals surface area contributed by atoms with E-state index in [0.29, 0.717) is 16.7 Å². The van der Waals surface area contributed by atoms with Gasteiger partial charge in [-0.1, -0.05) is 12.1 Å². The number of halogens is 1. The molecule has 3 rings (SSSR count). The fraction of sp³-hybridized carbons (Fsp3) is 0.188. The van der Waals surface area contributed by atoms with Crippen LogP contribution in [0.2, 0.25) is 0 Å². The molecule has 0 amide bonds. The number of benzene rings is 2. The summed E-state index contributed by atoms with van der Waals surface area (Å²) >= 11 is 0. The molecule has 1 aromatic heterocycles. The van der Waals surface area contributed by atoms with Crippen LogP contribution in [0.4, 0.5) is 4.39 Å². The Hall–Kier alpha value is -2.40. The van der Waals surface area contributed by atoms with Crippen LogP contribution in [0.3, 0.4) is 0 Å². The largest absolute Gasteiger partial charge is 0.419 e. The molecular weight excluding hydrogens is 271 g/mol. The molecule has 0 bridgehead atoms. The maximum atomic E-state index is 13.4. The first-order chi connectivity index (χ1) is 9.97. The number of nitrogens with two attached hydrogens (primary N) is 1. The van der Waals surface area contributed by atoms with Crippen LogP contribution in [-0.4, -0.2) is 4.57 Å².